The van der Waals surface area contributed by atoms with Gasteiger partial charge in [-0.1, -0.05) is 133 Å². The van der Waals surface area contributed by atoms with Gasteiger partial charge in [0.2, 0.25) is 0 Å². The Labute approximate surface area is 234 Å². The van der Waals surface area contributed by atoms with Gasteiger partial charge in [-0.25, -0.2) is 9.97 Å². The Morgan fingerprint density at radius 1 is 0.425 bits per heavy atom. The Kier molecular flexibility index (Phi) is 6.19. The summed E-state index contributed by atoms with van der Waals surface area (Å²) in [5, 5.41) is 7.48. The number of imidazole rings is 1. The van der Waals surface area contributed by atoms with Gasteiger partial charge in [0.1, 0.15) is 6.17 Å². The zero-order valence-electron chi connectivity index (χ0n) is 21.9. The minimum Gasteiger partial charge on any atom is -0.359 e. The average Bonchev–Trinajstić information content (AvgIpc) is 3.69. The molecule has 4 heteroatoms. The Hall–Kier alpha value is -5.35. The molecule has 0 unspecified atom stereocenters. The van der Waals surface area contributed by atoms with Crippen LogP contribution in [0, 0.1) is 0 Å². The van der Waals surface area contributed by atoms with Crippen molar-refractivity contribution in [3.8, 4) is 33.9 Å². The average molecular weight is 518 g/mol. The van der Waals surface area contributed by atoms with Crippen molar-refractivity contribution < 1.29 is 4.98 Å². The molecular weight excluding hydrogens is 488 g/mol. The molecule has 0 bridgehead atoms. The van der Waals surface area contributed by atoms with Crippen molar-refractivity contribution in [3.63, 3.8) is 0 Å². The summed E-state index contributed by atoms with van der Waals surface area (Å²) >= 11 is 0. The Morgan fingerprint density at radius 3 is 1.38 bits per heavy atom. The lowest BCUT2D eigenvalue weighted by atomic mass is 10.1. The SMILES string of the molecule is c1ccc(C2=C(c3ccccc3)NC(c3ccc(-c4[nH]c(-c5ccccc5)c(-c5ccccc5)[nH+]4)cc3)N2)cc1. The molecule has 1 aliphatic rings. The molecule has 1 aliphatic heterocycles. The van der Waals surface area contributed by atoms with Crippen LogP contribution in [-0.2, 0) is 0 Å². The molecule has 0 amide bonds. The first-order valence-electron chi connectivity index (χ1n) is 13.6. The maximum Gasteiger partial charge on any atom is 0.285 e. The summed E-state index contributed by atoms with van der Waals surface area (Å²) in [4.78, 5) is 7.33. The second-order valence-electron chi connectivity index (χ2n) is 9.93. The highest BCUT2D eigenvalue weighted by atomic mass is 15.2. The quantitative estimate of drug-likeness (QED) is 0.214. The molecule has 0 atom stereocenters. The van der Waals surface area contributed by atoms with Gasteiger partial charge >= 0.3 is 0 Å². The molecule has 2 heterocycles. The zero-order chi connectivity index (χ0) is 26.7. The Balaban J connectivity index is 1.21. The van der Waals surface area contributed by atoms with E-state index in [4.69, 9.17) is 0 Å². The monoisotopic (exact) mass is 517 g/mol. The topological polar surface area (TPSA) is 54.0 Å². The minimum absolute atomic E-state index is 0.0353. The van der Waals surface area contributed by atoms with Crippen LogP contribution in [-0.4, -0.2) is 4.98 Å². The third kappa shape index (κ3) is 4.56. The molecule has 0 aliphatic carbocycles. The van der Waals surface area contributed by atoms with E-state index in [0.717, 1.165) is 56.4 Å². The first kappa shape index (κ1) is 23.7. The second-order valence-corrected chi connectivity index (χ2v) is 9.93. The van der Waals surface area contributed by atoms with E-state index in [2.05, 4.69) is 154 Å². The van der Waals surface area contributed by atoms with Gasteiger partial charge in [-0.05, 0) is 28.8 Å². The summed E-state index contributed by atoms with van der Waals surface area (Å²) in [6.45, 7) is 0. The molecule has 0 radical (unpaired) electrons. The lowest BCUT2D eigenvalue weighted by Crippen LogP contribution is -2.23. The van der Waals surface area contributed by atoms with Crippen molar-refractivity contribution in [1.29, 1.82) is 0 Å². The fourth-order valence-corrected chi connectivity index (χ4v) is 5.34. The summed E-state index contributed by atoms with van der Waals surface area (Å²) in [6.07, 6.45) is -0.0353. The van der Waals surface area contributed by atoms with E-state index in [1.54, 1.807) is 0 Å². The maximum atomic E-state index is 3.74. The van der Waals surface area contributed by atoms with Crippen LogP contribution in [0.1, 0.15) is 22.9 Å². The highest BCUT2D eigenvalue weighted by Gasteiger charge is 2.26. The summed E-state index contributed by atoms with van der Waals surface area (Å²) in [5.74, 6) is 0.977. The normalized spacial score (nSPS) is 13.2. The number of hydrogen-bond donors (Lipinski definition) is 3. The van der Waals surface area contributed by atoms with Gasteiger partial charge in [0.05, 0.1) is 17.0 Å². The molecule has 7 rings (SSSR count). The Bertz CT molecular complexity index is 1650. The fraction of sp³-hybridized carbons (Fsp3) is 0.0278. The van der Waals surface area contributed by atoms with Crippen LogP contribution in [0.25, 0.3) is 45.3 Å². The number of hydrogen-bond acceptors (Lipinski definition) is 2. The highest BCUT2D eigenvalue weighted by Crippen LogP contribution is 2.34. The molecular formula is C36H29N4+. The maximum absolute atomic E-state index is 3.74. The summed E-state index contributed by atoms with van der Waals surface area (Å²) < 4.78 is 0. The molecule has 0 fully saturated rings. The van der Waals surface area contributed by atoms with Crippen LogP contribution in [0.2, 0.25) is 0 Å². The van der Waals surface area contributed by atoms with Gasteiger partial charge in [0.15, 0.2) is 11.4 Å². The fourth-order valence-electron chi connectivity index (χ4n) is 5.34. The predicted octanol–water partition coefficient (Wildman–Crippen LogP) is 7.55. The van der Waals surface area contributed by atoms with Gasteiger partial charge in [0.25, 0.3) is 5.82 Å². The number of benzene rings is 5. The molecule has 0 saturated heterocycles. The molecule has 0 saturated carbocycles. The van der Waals surface area contributed by atoms with Gasteiger partial charge in [-0.2, -0.15) is 0 Å². The van der Waals surface area contributed by atoms with E-state index in [1.165, 1.54) is 5.56 Å². The van der Waals surface area contributed by atoms with E-state index in [9.17, 15) is 0 Å². The summed E-state index contributed by atoms with van der Waals surface area (Å²) in [5.41, 5.74) is 11.3. The van der Waals surface area contributed by atoms with Crippen molar-refractivity contribution in [2.45, 2.75) is 6.17 Å². The minimum atomic E-state index is -0.0353. The van der Waals surface area contributed by atoms with E-state index in [-0.39, 0.29) is 6.17 Å². The lowest BCUT2D eigenvalue weighted by Gasteiger charge is -2.15. The number of aromatic nitrogens is 2. The van der Waals surface area contributed by atoms with Crippen LogP contribution < -0.4 is 15.6 Å². The molecule has 4 nitrogen and oxygen atoms in total. The number of nitrogens with one attached hydrogen (secondary N) is 4. The van der Waals surface area contributed by atoms with Crippen molar-refractivity contribution in [2.75, 3.05) is 0 Å². The Morgan fingerprint density at radius 2 is 0.875 bits per heavy atom. The largest absolute Gasteiger partial charge is 0.359 e. The van der Waals surface area contributed by atoms with E-state index in [1.807, 2.05) is 12.1 Å². The number of aromatic amines is 2. The number of H-pyrrole nitrogens is 2. The first-order chi connectivity index (χ1) is 19.8. The third-order valence-corrected chi connectivity index (χ3v) is 7.36. The molecule has 6 aromatic rings. The van der Waals surface area contributed by atoms with Crippen LogP contribution in [0.5, 0.6) is 0 Å². The number of rotatable bonds is 6. The van der Waals surface area contributed by atoms with Crippen LogP contribution in [0.3, 0.4) is 0 Å². The lowest BCUT2D eigenvalue weighted by molar-refractivity contribution is -0.349. The smallest absolute Gasteiger partial charge is 0.285 e. The van der Waals surface area contributed by atoms with Crippen molar-refractivity contribution in [1.82, 2.24) is 15.6 Å². The van der Waals surface area contributed by atoms with Gasteiger partial charge in [-0.15, -0.1) is 0 Å². The van der Waals surface area contributed by atoms with Gasteiger partial charge in [0, 0.05) is 11.1 Å². The molecule has 40 heavy (non-hydrogen) atoms. The van der Waals surface area contributed by atoms with Crippen molar-refractivity contribution in [3.05, 3.63) is 162 Å². The second kappa shape index (κ2) is 10.4. The molecule has 4 N–H and O–H groups in total. The first-order valence-corrected chi connectivity index (χ1v) is 13.6. The molecule has 192 valence electrons. The standard InChI is InChI=1S/C36H28N4/c1-5-13-25(14-6-1)31-32(26-15-7-2-8-16-26)38-35(37-31)29-21-23-30(24-22-29)36-39-33(27-17-9-3-10-18-27)34(40-36)28-19-11-4-12-20-28/h1-24,35,37-38H,(H,39,40)/p+1. The molecule has 1 aromatic heterocycles. The van der Waals surface area contributed by atoms with Gasteiger partial charge in [-0.3, -0.25) is 0 Å². The van der Waals surface area contributed by atoms with E-state index >= 15 is 0 Å². The molecule has 0 spiro atoms. The van der Waals surface area contributed by atoms with E-state index in [0.29, 0.717) is 0 Å². The van der Waals surface area contributed by atoms with Crippen molar-refractivity contribution in [2.24, 2.45) is 0 Å². The van der Waals surface area contributed by atoms with Gasteiger partial charge < -0.3 is 10.6 Å². The van der Waals surface area contributed by atoms with Crippen LogP contribution >= 0.6 is 0 Å². The zero-order valence-corrected chi connectivity index (χ0v) is 21.9. The summed E-state index contributed by atoms with van der Waals surface area (Å²) in [7, 11) is 0. The predicted molar refractivity (Wildman–Crippen MR) is 162 cm³/mol. The highest BCUT2D eigenvalue weighted by molar-refractivity contribution is 5.91. The van der Waals surface area contributed by atoms with Crippen LogP contribution in [0.15, 0.2) is 146 Å². The van der Waals surface area contributed by atoms with Crippen LogP contribution in [0.4, 0.5) is 0 Å². The molecule has 5 aromatic carbocycles. The van der Waals surface area contributed by atoms with Crippen molar-refractivity contribution >= 4 is 11.4 Å². The summed E-state index contributed by atoms with van der Waals surface area (Å²) in [6, 6.07) is 50.7. The van der Waals surface area contributed by atoms with E-state index < -0.39 is 0 Å². The third-order valence-electron chi connectivity index (χ3n) is 7.36.